The molecule has 1 aromatic carbocycles. The maximum Gasteiger partial charge on any atom is 0.223 e. The summed E-state index contributed by atoms with van der Waals surface area (Å²) in [6.07, 6.45) is 5.74. The number of nitrogens with zero attached hydrogens (tertiary/aromatic N) is 1. The standard InChI is InChI=1S/C19H29N3O/c23-19(18-4-3-10-20-11-9-18)21-14-16-5-7-17(8-6-16)15-22-12-1-2-13-22/h5-8,18,20H,1-4,9-15H2,(H,21,23)/t18-/m1/s1. The highest BCUT2D eigenvalue weighted by molar-refractivity contribution is 5.78. The summed E-state index contributed by atoms with van der Waals surface area (Å²) < 4.78 is 0. The van der Waals surface area contributed by atoms with Crippen LogP contribution in [0.3, 0.4) is 0 Å². The number of hydrogen-bond donors (Lipinski definition) is 2. The van der Waals surface area contributed by atoms with E-state index in [9.17, 15) is 4.79 Å². The summed E-state index contributed by atoms with van der Waals surface area (Å²) in [6.45, 7) is 6.17. The van der Waals surface area contributed by atoms with Crippen LogP contribution >= 0.6 is 0 Å². The molecule has 2 heterocycles. The quantitative estimate of drug-likeness (QED) is 0.876. The first-order chi connectivity index (χ1) is 11.3. The van der Waals surface area contributed by atoms with Crippen LogP contribution in [0.4, 0.5) is 0 Å². The van der Waals surface area contributed by atoms with Crippen molar-refractivity contribution in [2.45, 2.75) is 45.2 Å². The molecule has 1 aromatic rings. The summed E-state index contributed by atoms with van der Waals surface area (Å²) >= 11 is 0. The molecule has 2 saturated heterocycles. The van der Waals surface area contributed by atoms with E-state index in [-0.39, 0.29) is 11.8 Å². The molecule has 4 nitrogen and oxygen atoms in total. The van der Waals surface area contributed by atoms with Gasteiger partial charge in [-0.3, -0.25) is 9.69 Å². The van der Waals surface area contributed by atoms with E-state index in [1.165, 1.54) is 37.1 Å². The Morgan fingerprint density at radius 2 is 1.78 bits per heavy atom. The molecule has 126 valence electrons. The molecule has 1 amide bonds. The molecule has 0 bridgehead atoms. The topological polar surface area (TPSA) is 44.4 Å². The van der Waals surface area contributed by atoms with Crippen molar-refractivity contribution in [3.05, 3.63) is 35.4 Å². The Bertz CT molecular complexity index is 486. The molecule has 3 rings (SSSR count). The van der Waals surface area contributed by atoms with Gasteiger partial charge in [0.25, 0.3) is 0 Å². The van der Waals surface area contributed by atoms with Gasteiger partial charge in [-0.05, 0) is 69.4 Å². The normalized spacial score (nSPS) is 22.7. The molecule has 0 unspecified atom stereocenters. The third kappa shape index (κ3) is 5.05. The second-order valence-corrected chi connectivity index (χ2v) is 6.90. The van der Waals surface area contributed by atoms with E-state index in [1.54, 1.807) is 0 Å². The van der Waals surface area contributed by atoms with Crippen molar-refractivity contribution in [3.63, 3.8) is 0 Å². The lowest BCUT2D eigenvalue weighted by molar-refractivity contribution is -0.125. The number of likely N-dealkylation sites (tertiary alicyclic amines) is 1. The molecule has 2 fully saturated rings. The summed E-state index contributed by atoms with van der Waals surface area (Å²) in [4.78, 5) is 14.8. The third-order valence-electron chi connectivity index (χ3n) is 5.04. The molecular weight excluding hydrogens is 286 g/mol. The number of carbonyl (C=O) groups excluding carboxylic acids is 1. The van der Waals surface area contributed by atoms with Crippen LogP contribution in [-0.4, -0.2) is 37.0 Å². The average molecular weight is 315 g/mol. The zero-order chi connectivity index (χ0) is 15.9. The van der Waals surface area contributed by atoms with Crippen molar-refractivity contribution in [2.75, 3.05) is 26.2 Å². The van der Waals surface area contributed by atoms with Gasteiger partial charge in [-0.15, -0.1) is 0 Å². The van der Waals surface area contributed by atoms with Gasteiger partial charge < -0.3 is 10.6 Å². The highest BCUT2D eigenvalue weighted by Gasteiger charge is 2.19. The smallest absolute Gasteiger partial charge is 0.223 e. The Hall–Kier alpha value is -1.39. The zero-order valence-corrected chi connectivity index (χ0v) is 14.0. The van der Waals surface area contributed by atoms with E-state index < -0.39 is 0 Å². The van der Waals surface area contributed by atoms with E-state index in [1.807, 2.05) is 0 Å². The van der Waals surface area contributed by atoms with Gasteiger partial charge in [0.15, 0.2) is 0 Å². The number of hydrogen-bond acceptors (Lipinski definition) is 3. The lowest BCUT2D eigenvalue weighted by atomic mass is 10.00. The minimum absolute atomic E-state index is 0.180. The molecule has 2 N–H and O–H groups in total. The van der Waals surface area contributed by atoms with Crippen molar-refractivity contribution < 1.29 is 4.79 Å². The fraction of sp³-hybridized carbons (Fsp3) is 0.632. The second-order valence-electron chi connectivity index (χ2n) is 6.90. The first kappa shape index (κ1) is 16.5. The summed E-state index contributed by atoms with van der Waals surface area (Å²) in [5.74, 6) is 0.397. The minimum atomic E-state index is 0.180. The minimum Gasteiger partial charge on any atom is -0.352 e. The Kier molecular flexibility index (Phi) is 6.06. The fourth-order valence-corrected chi connectivity index (χ4v) is 3.58. The van der Waals surface area contributed by atoms with Crippen molar-refractivity contribution in [3.8, 4) is 0 Å². The highest BCUT2D eigenvalue weighted by Crippen LogP contribution is 2.15. The molecule has 0 saturated carbocycles. The van der Waals surface area contributed by atoms with Crippen molar-refractivity contribution in [1.29, 1.82) is 0 Å². The van der Waals surface area contributed by atoms with Crippen LogP contribution in [0.1, 0.15) is 43.2 Å². The molecule has 0 aromatic heterocycles. The van der Waals surface area contributed by atoms with E-state index in [4.69, 9.17) is 0 Å². The highest BCUT2D eigenvalue weighted by atomic mass is 16.1. The summed E-state index contributed by atoms with van der Waals surface area (Å²) in [5.41, 5.74) is 2.56. The van der Waals surface area contributed by atoms with E-state index in [0.29, 0.717) is 6.54 Å². The van der Waals surface area contributed by atoms with Gasteiger partial charge in [0.1, 0.15) is 0 Å². The van der Waals surface area contributed by atoms with Crippen molar-refractivity contribution in [1.82, 2.24) is 15.5 Å². The van der Waals surface area contributed by atoms with Gasteiger partial charge in [-0.2, -0.15) is 0 Å². The lowest BCUT2D eigenvalue weighted by Crippen LogP contribution is -2.30. The first-order valence-electron chi connectivity index (χ1n) is 9.10. The molecule has 0 aliphatic carbocycles. The van der Waals surface area contributed by atoms with E-state index in [0.717, 1.165) is 38.9 Å². The predicted octanol–water partition coefficient (Wildman–Crippen LogP) is 2.29. The second kappa shape index (κ2) is 8.46. The Labute approximate surface area is 139 Å². The van der Waals surface area contributed by atoms with Crippen LogP contribution in [0.5, 0.6) is 0 Å². The number of rotatable bonds is 5. The van der Waals surface area contributed by atoms with Gasteiger partial charge in [-0.1, -0.05) is 24.3 Å². The SMILES string of the molecule is O=C(NCc1ccc(CN2CCCC2)cc1)[C@@H]1CCCNCC1. The Balaban J connectivity index is 1.45. The summed E-state index contributed by atoms with van der Waals surface area (Å²) in [6, 6.07) is 8.71. The summed E-state index contributed by atoms with van der Waals surface area (Å²) in [5, 5.41) is 6.47. The first-order valence-corrected chi connectivity index (χ1v) is 9.10. The van der Waals surface area contributed by atoms with Crippen LogP contribution < -0.4 is 10.6 Å². The Morgan fingerprint density at radius 3 is 2.57 bits per heavy atom. The number of nitrogens with one attached hydrogen (secondary N) is 2. The van der Waals surface area contributed by atoms with Gasteiger partial charge in [0.2, 0.25) is 5.91 Å². The molecule has 23 heavy (non-hydrogen) atoms. The van der Waals surface area contributed by atoms with Crippen LogP contribution in [0.2, 0.25) is 0 Å². The monoisotopic (exact) mass is 315 g/mol. The van der Waals surface area contributed by atoms with Gasteiger partial charge in [0, 0.05) is 19.0 Å². The maximum absolute atomic E-state index is 12.3. The third-order valence-corrected chi connectivity index (χ3v) is 5.04. The number of amides is 1. The molecule has 0 radical (unpaired) electrons. The largest absolute Gasteiger partial charge is 0.352 e. The molecule has 2 aliphatic heterocycles. The molecule has 0 spiro atoms. The molecule has 2 aliphatic rings. The zero-order valence-electron chi connectivity index (χ0n) is 14.0. The fourth-order valence-electron chi connectivity index (χ4n) is 3.58. The lowest BCUT2D eigenvalue weighted by Gasteiger charge is -2.15. The van der Waals surface area contributed by atoms with Crippen LogP contribution in [0, 0.1) is 5.92 Å². The van der Waals surface area contributed by atoms with Gasteiger partial charge in [-0.25, -0.2) is 0 Å². The molecule has 4 heteroatoms. The average Bonchev–Trinajstić information content (AvgIpc) is 2.93. The maximum atomic E-state index is 12.3. The van der Waals surface area contributed by atoms with Crippen LogP contribution in [0.15, 0.2) is 24.3 Å². The number of benzene rings is 1. The van der Waals surface area contributed by atoms with E-state index in [2.05, 4.69) is 39.8 Å². The van der Waals surface area contributed by atoms with Gasteiger partial charge in [0.05, 0.1) is 0 Å². The molecule has 1 atom stereocenters. The van der Waals surface area contributed by atoms with Crippen molar-refractivity contribution in [2.24, 2.45) is 5.92 Å². The number of carbonyl (C=O) groups is 1. The van der Waals surface area contributed by atoms with Crippen LogP contribution in [0.25, 0.3) is 0 Å². The summed E-state index contributed by atoms with van der Waals surface area (Å²) in [7, 11) is 0. The van der Waals surface area contributed by atoms with Crippen LogP contribution in [-0.2, 0) is 17.9 Å². The van der Waals surface area contributed by atoms with Gasteiger partial charge >= 0.3 is 0 Å². The molecular formula is C19H29N3O. The van der Waals surface area contributed by atoms with E-state index >= 15 is 0 Å². The predicted molar refractivity (Wildman–Crippen MR) is 93.0 cm³/mol. The van der Waals surface area contributed by atoms with Crippen molar-refractivity contribution >= 4 is 5.91 Å². The Morgan fingerprint density at radius 1 is 1.04 bits per heavy atom.